The summed E-state index contributed by atoms with van der Waals surface area (Å²) >= 11 is 0. The van der Waals surface area contributed by atoms with E-state index >= 15 is 0 Å². The summed E-state index contributed by atoms with van der Waals surface area (Å²) in [6, 6.07) is 7.07. The number of likely N-dealkylation sites (N-methyl/N-ethyl adjacent to an activating group) is 1. The van der Waals surface area contributed by atoms with Crippen LogP contribution in [-0.4, -0.2) is 45.3 Å². The Kier molecular flexibility index (Phi) is 7.94. The zero-order valence-electron chi connectivity index (χ0n) is 14.6. The van der Waals surface area contributed by atoms with Crippen molar-refractivity contribution >= 4 is 0 Å². The lowest BCUT2D eigenvalue weighted by Crippen LogP contribution is -2.38. The molecule has 0 radical (unpaired) electrons. The normalized spacial score (nSPS) is 13.1. The zero-order chi connectivity index (χ0) is 15.8. The quantitative estimate of drug-likeness (QED) is 0.756. The standard InChI is InChI=1S/C18H32N2O/c1-14(2)12-20(9-10-21-6)13-18(19-5)17-11-15(3)7-8-16(17)4/h7-8,11,14,18-19H,9-10,12-13H2,1-6H3. The zero-order valence-corrected chi connectivity index (χ0v) is 14.6. The summed E-state index contributed by atoms with van der Waals surface area (Å²) in [4.78, 5) is 2.50. The van der Waals surface area contributed by atoms with Crippen molar-refractivity contribution in [1.82, 2.24) is 10.2 Å². The Bertz CT molecular complexity index is 418. The molecular formula is C18H32N2O. The maximum Gasteiger partial charge on any atom is 0.0589 e. The maximum atomic E-state index is 5.26. The molecule has 1 atom stereocenters. The molecule has 1 rings (SSSR count). The lowest BCUT2D eigenvalue weighted by molar-refractivity contribution is 0.133. The summed E-state index contributed by atoms with van der Waals surface area (Å²) in [5, 5.41) is 3.48. The SMILES string of the molecule is CNC(CN(CCOC)CC(C)C)c1cc(C)ccc1C. The molecule has 1 aromatic carbocycles. The summed E-state index contributed by atoms with van der Waals surface area (Å²) in [6.45, 7) is 12.8. The van der Waals surface area contributed by atoms with Gasteiger partial charge in [-0.25, -0.2) is 0 Å². The molecule has 0 saturated heterocycles. The molecule has 0 heterocycles. The summed E-state index contributed by atoms with van der Waals surface area (Å²) in [5.74, 6) is 0.665. The van der Waals surface area contributed by atoms with Gasteiger partial charge in [0.05, 0.1) is 6.61 Å². The van der Waals surface area contributed by atoms with Gasteiger partial charge in [0, 0.05) is 32.8 Å². The van der Waals surface area contributed by atoms with Gasteiger partial charge >= 0.3 is 0 Å². The highest BCUT2D eigenvalue weighted by atomic mass is 16.5. The molecule has 0 bridgehead atoms. The van der Waals surface area contributed by atoms with Crippen molar-refractivity contribution in [3.8, 4) is 0 Å². The molecule has 0 aliphatic rings. The van der Waals surface area contributed by atoms with Gasteiger partial charge in [0.15, 0.2) is 0 Å². The number of rotatable bonds is 9. The second kappa shape index (κ2) is 9.19. The molecule has 3 nitrogen and oxygen atoms in total. The van der Waals surface area contributed by atoms with Gasteiger partial charge in [0.25, 0.3) is 0 Å². The van der Waals surface area contributed by atoms with E-state index in [1.54, 1.807) is 7.11 Å². The fourth-order valence-corrected chi connectivity index (χ4v) is 2.73. The van der Waals surface area contributed by atoms with Gasteiger partial charge in [0.2, 0.25) is 0 Å². The van der Waals surface area contributed by atoms with Crippen LogP contribution in [0.15, 0.2) is 18.2 Å². The first-order valence-electron chi connectivity index (χ1n) is 7.93. The Balaban J connectivity index is 2.83. The minimum Gasteiger partial charge on any atom is -0.383 e. The molecule has 21 heavy (non-hydrogen) atoms. The third-order valence-corrected chi connectivity index (χ3v) is 3.83. The number of ether oxygens (including phenoxy) is 1. The Morgan fingerprint density at radius 3 is 2.48 bits per heavy atom. The van der Waals surface area contributed by atoms with Gasteiger partial charge < -0.3 is 10.1 Å². The summed E-state index contributed by atoms with van der Waals surface area (Å²) < 4.78 is 5.26. The van der Waals surface area contributed by atoms with Gasteiger partial charge in [-0.05, 0) is 37.9 Å². The van der Waals surface area contributed by atoms with Crippen molar-refractivity contribution in [2.75, 3.05) is 40.4 Å². The third kappa shape index (κ3) is 6.16. The highest BCUT2D eigenvalue weighted by Crippen LogP contribution is 2.20. The van der Waals surface area contributed by atoms with Gasteiger partial charge in [-0.1, -0.05) is 37.6 Å². The number of hydrogen-bond donors (Lipinski definition) is 1. The van der Waals surface area contributed by atoms with E-state index in [9.17, 15) is 0 Å². The number of nitrogens with zero attached hydrogens (tertiary/aromatic N) is 1. The highest BCUT2D eigenvalue weighted by Gasteiger charge is 2.17. The highest BCUT2D eigenvalue weighted by molar-refractivity contribution is 5.33. The van der Waals surface area contributed by atoms with Gasteiger partial charge in [0.1, 0.15) is 0 Å². The van der Waals surface area contributed by atoms with E-state index in [1.807, 2.05) is 0 Å². The van der Waals surface area contributed by atoms with E-state index in [4.69, 9.17) is 4.74 Å². The van der Waals surface area contributed by atoms with E-state index < -0.39 is 0 Å². The fraction of sp³-hybridized carbons (Fsp3) is 0.667. The molecule has 120 valence electrons. The molecular weight excluding hydrogens is 260 g/mol. The molecule has 1 N–H and O–H groups in total. The minimum absolute atomic E-state index is 0.362. The van der Waals surface area contributed by atoms with E-state index in [2.05, 4.69) is 63.2 Å². The van der Waals surface area contributed by atoms with Crippen LogP contribution in [0.25, 0.3) is 0 Å². The molecule has 0 saturated carbocycles. The predicted molar refractivity (Wildman–Crippen MR) is 90.9 cm³/mol. The molecule has 1 aromatic rings. The first kappa shape index (κ1) is 18.1. The molecule has 0 amide bonds. The average molecular weight is 292 g/mol. The van der Waals surface area contributed by atoms with Crippen LogP contribution >= 0.6 is 0 Å². The van der Waals surface area contributed by atoms with E-state index in [0.717, 1.165) is 26.2 Å². The smallest absolute Gasteiger partial charge is 0.0589 e. The lowest BCUT2D eigenvalue weighted by atomic mass is 9.98. The average Bonchev–Trinajstić information content (AvgIpc) is 2.44. The Labute approximate surface area is 130 Å². The first-order valence-corrected chi connectivity index (χ1v) is 7.93. The monoisotopic (exact) mass is 292 g/mol. The Hall–Kier alpha value is -0.900. The number of benzene rings is 1. The van der Waals surface area contributed by atoms with Crippen molar-refractivity contribution in [2.45, 2.75) is 33.7 Å². The number of methoxy groups -OCH3 is 1. The van der Waals surface area contributed by atoms with Crippen LogP contribution in [0.1, 0.15) is 36.6 Å². The van der Waals surface area contributed by atoms with Crippen LogP contribution in [0.3, 0.4) is 0 Å². The summed E-state index contributed by atoms with van der Waals surface area (Å²) in [7, 11) is 3.82. The molecule has 0 aliphatic heterocycles. The Morgan fingerprint density at radius 2 is 1.90 bits per heavy atom. The number of hydrogen-bond acceptors (Lipinski definition) is 3. The van der Waals surface area contributed by atoms with Crippen LogP contribution in [0, 0.1) is 19.8 Å². The van der Waals surface area contributed by atoms with Gasteiger partial charge in [-0.2, -0.15) is 0 Å². The van der Waals surface area contributed by atoms with Crippen molar-refractivity contribution in [1.29, 1.82) is 0 Å². The second-order valence-corrected chi connectivity index (χ2v) is 6.35. The van der Waals surface area contributed by atoms with Crippen molar-refractivity contribution in [2.24, 2.45) is 5.92 Å². The predicted octanol–water partition coefficient (Wildman–Crippen LogP) is 3.17. The topological polar surface area (TPSA) is 24.5 Å². The lowest BCUT2D eigenvalue weighted by Gasteiger charge is -2.29. The largest absolute Gasteiger partial charge is 0.383 e. The van der Waals surface area contributed by atoms with Crippen LogP contribution < -0.4 is 5.32 Å². The molecule has 0 aromatic heterocycles. The van der Waals surface area contributed by atoms with E-state index in [1.165, 1.54) is 16.7 Å². The van der Waals surface area contributed by atoms with Crippen LogP contribution in [0.5, 0.6) is 0 Å². The van der Waals surface area contributed by atoms with Crippen molar-refractivity contribution in [3.63, 3.8) is 0 Å². The Morgan fingerprint density at radius 1 is 1.19 bits per heavy atom. The van der Waals surface area contributed by atoms with Crippen LogP contribution in [-0.2, 0) is 4.74 Å². The summed E-state index contributed by atoms with van der Waals surface area (Å²) in [5.41, 5.74) is 4.09. The number of aryl methyl sites for hydroxylation is 2. The molecule has 3 heteroatoms. The van der Waals surface area contributed by atoms with Crippen LogP contribution in [0.2, 0.25) is 0 Å². The van der Waals surface area contributed by atoms with Crippen molar-refractivity contribution < 1.29 is 4.74 Å². The summed E-state index contributed by atoms with van der Waals surface area (Å²) in [6.07, 6.45) is 0. The van der Waals surface area contributed by atoms with Crippen LogP contribution in [0.4, 0.5) is 0 Å². The molecule has 0 fully saturated rings. The van der Waals surface area contributed by atoms with Gasteiger partial charge in [-0.3, -0.25) is 4.90 Å². The third-order valence-electron chi connectivity index (χ3n) is 3.83. The van der Waals surface area contributed by atoms with E-state index in [0.29, 0.717) is 12.0 Å². The molecule has 0 spiro atoms. The van der Waals surface area contributed by atoms with Gasteiger partial charge in [-0.15, -0.1) is 0 Å². The second-order valence-electron chi connectivity index (χ2n) is 6.35. The molecule has 0 aliphatic carbocycles. The first-order chi connectivity index (χ1) is 9.97. The minimum atomic E-state index is 0.362. The fourth-order valence-electron chi connectivity index (χ4n) is 2.73. The maximum absolute atomic E-state index is 5.26. The van der Waals surface area contributed by atoms with E-state index in [-0.39, 0.29) is 0 Å². The molecule has 1 unspecified atom stereocenters. The van der Waals surface area contributed by atoms with Crippen molar-refractivity contribution in [3.05, 3.63) is 34.9 Å². The number of nitrogens with one attached hydrogen (secondary N) is 1.